The topological polar surface area (TPSA) is 98.4 Å². The van der Waals surface area contributed by atoms with Crippen LogP contribution >= 0.6 is 11.3 Å². The van der Waals surface area contributed by atoms with E-state index in [9.17, 15) is 9.50 Å². The summed E-state index contributed by atoms with van der Waals surface area (Å²) in [5, 5.41) is 24.1. The molecular weight excluding hydrogens is 411 g/mol. The van der Waals surface area contributed by atoms with Gasteiger partial charge in [-0.15, -0.1) is 16.4 Å². The summed E-state index contributed by atoms with van der Waals surface area (Å²) in [6, 6.07) is 7.52. The smallest absolute Gasteiger partial charge is 0.216 e. The van der Waals surface area contributed by atoms with E-state index in [0.717, 1.165) is 35.0 Å². The van der Waals surface area contributed by atoms with Gasteiger partial charge in [-0.2, -0.15) is 0 Å². The van der Waals surface area contributed by atoms with E-state index >= 15 is 0 Å². The Morgan fingerprint density at radius 1 is 1.23 bits per heavy atom. The van der Waals surface area contributed by atoms with Crippen LogP contribution in [0.5, 0.6) is 5.75 Å². The number of likely N-dealkylation sites (tertiary alicyclic amines) is 1. The monoisotopic (exact) mass is 434 g/mol. The minimum absolute atomic E-state index is 0.0860. The van der Waals surface area contributed by atoms with Gasteiger partial charge in [0.05, 0.1) is 23.0 Å². The molecule has 2 aromatic heterocycles. The van der Waals surface area contributed by atoms with E-state index in [1.165, 1.54) is 6.33 Å². The summed E-state index contributed by atoms with van der Waals surface area (Å²) in [7, 11) is 0. The lowest BCUT2D eigenvalue weighted by Crippen LogP contribution is -2.42. The number of alkyl halides is 1. The Labute approximate surface area is 177 Å². The zero-order chi connectivity index (χ0) is 20.8. The zero-order valence-electron chi connectivity index (χ0n) is 16.3. The number of ether oxygens (including phenoxy) is 2. The summed E-state index contributed by atoms with van der Waals surface area (Å²) in [6.45, 7) is 1.10. The summed E-state index contributed by atoms with van der Waals surface area (Å²) in [4.78, 5) is 6.55. The van der Waals surface area contributed by atoms with Gasteiger partial charge in [0, 0.05) is 24.4 Å². The van der Waals surface area contributed by atoms with E-state index in [1.54, 1.807) is 16.0 Å². The van der Waals surface area contributed by atoms with Gasteiger partial charge in [-0.05, 0) is 47.5 Å². The molecule has 9 nitrogen and oxygen atoms in total. The van der Waals surface area contributed by atoms with Gasteiger partial charge in [-0.25, -0.2) is 14.1 Å². The van der Waals surface area contributed by atoms with Crippen molar-refractivity contribution in [3.05, 3.63) is 46.7 Å². The van der Waals surface area contributed by atoms with E-state index in [2.05, 4.69) is 15.5 Å². The lowest BCUT2D eigenvalue weighted by Gasteiger charge is -2.33. The summed E-state index contributed by atoms with van der Waals surface area (Å²) < 4.78 is 24.6. The molecule has 1 fully saturated rings. The van der Waals surface area contributed by atoms with Gasteiger partial charge in [0.1, 0.15) is 25.4 Å². The fraction of sp³-hybridized carbons (Fsp3) is 0.474. The molecule has 11 heteroatoms. The second kappa shape index (κ2) is 10.0. The highest BCUT2D eigenvalue weighted by atomic mass is 32.1. The Bertz CT molecular complexity index is 899. The van der Waals surface area contributed by atoms with Crippen LogP contribution in [0.25, 0.3) is 5.69 Å². The van der Waals surface area contributed by atoms with E-state index in [4.69, 9.17) is 14.5 Å². The number of tetrazole rings is 1. The van der Waals surface area contributed by atoms with Crippen LogP contribution in [-0.2, 0) is 11.3 Å². The number of thiazole rings is 1. The van der Waals surface area contributed by atoms with Crippen LogP contribution in [0.1, 0.15) is 29.5 Å². The van der Waals surface area contributed by atoms with E-state index in [0.29, 0.717) is 25.6 Å². The third-order valence-corrected chi connectivity index (χ3v) is 6.00. The number of hydrogen-bond donors (Lipinski definition) is 1. The number of benzene rings is 1. The Kier molecular flexibility index (Phi) is 6.95. The van der Waals surface area contributed by atoms with Crippen molar-refractivity contribution in [2.75, 3.05) is 26.4 Å². The molecular formula is C19H23FN6O3S. The Morgan fingerprint density at radius 3 is 2.73 bits per heavy atom. The molecule has 1 atom stereocenters. The van der Waals surface area contributed by atoms with Crippen molar-refractivity contribution < 1.29 is 19.0 Å². The van der Waals surface area contributed by atoms with Crippen LogP contribution in [0.4, 0.5) is 4.39 Å². The maximum Gasteiger partial charge on any atom is 0.216 e. The van der Waals surface area contributed by atoms with Gasteiger partial charge in [0.2, 0.25) is 6.41 Å². The van der Waals surface area contributed by atoms with Crippen molar-refractivity contribution in [3.63, 3.8) is 0 Å². The van der Waals surface area contributed by atoms with Gasteiger partial charge in [0.15, 0.2) is 0 Å². The molecule has 0 radical (unpaired) electrons. The van der Waals surface area contributed by atoms with Gasteiger partial charge in [0.25, 0.3) is 0 Å². The molecule has 1 aliphatic rings. The van der Waals surface area contributed by atoms with Gasteiger partial charge in [-0.1, -0.05) is 0 Å². The zero-order valence-corrected chi connectivity index (χ0v) is 17.1. The predicted octanol–water partition coefficient (Wildman–Crippen LogP) is 2.14. The lowest BCUT2D eigenvalue weighted by atomic mass is 9.98. The number of halogens is 1. The summed E-state index contributed by atoms with van der Waals surface area (Å²) in [6.07, 6.45) is 2.26. The summed E-state index contributed by atoms with van der Waals surface area (Å²) in [5.74, 6) is 1.10. The average molecular weight is 434 g/mol. The molecule has 160 valence electrons. The van der Waals surface area contributed by atoms with Crippen LogP contribution in [0.15, 0.2) is 36.0 Å². The normalized spacial score (nSPS) is 16.6. The SMILES string of the molecule is OC(OCCF)N1CCC(c2nc(COc3ccc(-n4cnnn4)cc3)cs2)CC1. The fourth-order valence-electron chi connectivity index (χ4n) is 3.33. The Morgan fingerprint density at radius 2 is 2.03 bits per heavy atom. The van der Waals surface area contributed by atoms with Crippen molar-refractivity contribution in [1.29, 1.82) is 0 Å². The highest BCUT2D eigenvalue weighted by Crippen LogP contribution is 2.31. The molecule has 0 amide bonds. The van der Waals surface area contributed by atoms with E-state index < -0.39 is 13.1 Å². The van der Waals surface area contributed by atoms with Crippen LogP contribution in [0, 0.1) is 0 Å². The van der Waals surface area contributed by atoms with E-state index in [1.807, 2.05) is 34.5 Å². The highest BCUT2D eigenvalue weighted by Gasteiger charge is 2.26. The molecule has 3 aromatic rings. The molecule has 1 N–H and O–H groups in total. The van der Waals surface area contributed by atoms with Crippen molar-refractivity contribution in [3.8, 4) is 11.4 Å². The minimum Gasteiger partial charge on any atom is -0.487 e. The molecule has 0 spiro atoms. The second-order valence-electron chi connectivity index (χ2n) is 6.91. The molecule has 1 aromatic carbocycles. The summed E-state index contributed by atoms with van der Waals surface area (Å²) >= 11 is 1.64. The number of hydrogen-bond acceptors (Lipinski definition) is 9. The fourth-order valence-corrected chi connectivity index (χ4v) is 4.31. The number of nitrogens with zero attached hydrogens (tertiary/aromatic N) is 6. The molecule has 0 aliphatic carbocycles. The quantitative estimate of drug-likeness (QED) is 0.512. The second-order valence-corrected chi connectivity index (χ2v) is 7.80. The van der Waals surface area contributed by atoms with Crippen molar-refractivity contribution >= 4 is 11.3 Å². The first-order valence-corrected chi connectivity index (χ1v) is 10.6. The van der Waals surface area contributed by atoms with Crippen LogP contribution in [0.2, 0.25) is 0 Å². The molecule has 1 unspecified atom stereocenters. The number of aliphatic hydroxyl groups is 1. The molecule has 1 saturated heterocycles. The molecule has 0 saturated carbocycles. The first kappa shape index (κ1) is 20.8. The third kappa shape index (κ3) is 5.17. The van der Waals surface area contributed by atoms with Crippen molar-refractivity contribution in [1.82, 2.24) is 30.1 Å². The van der Waals surface area contributed by atoms with Gasteiger partial charge in [-0.3, -0.25) is 4.90 Å². The highest BCUT2D eigenvalue weighted by molar-refractivity contribution is 7.09. The van der Waals surface area contributed by atoms with Gasteiger partial charge >= 0.3 is 0 Å². The maximum atomic E-state index is 12.2. The van der Waals surface area contributed by atoms with Crippen LogP contribution < -0.4 is 4.74 Å². The lowest BCUT2D eigenvalue weighted by molar-refractivity contribution is -0.199. The predicted molar refractivity (Wildman–Crippen MR) is 107 cm³/mol. The van der Waals surface area contributed by atoms with Crippen LogP contribution in [-0.4, -0.2) is 68.0 Å². The van der Waals surface area contributed by atoms with Gasteiger partial charge < -0.3 is 14.6 Å². The average Bonchev–Trinajstić information content (AvgIpc) is 3.49. The standard InChI is InChI=1S/C19H23FN6O3S/c20-7-10-28-19(27)25-8-5-14(6-9-25)18-22-15(12-30-18)11-29-17-3-1-16(2-4-17)26-13-21-23-24-26/h1-4,12-14,19,27H,5-11H2. The molecule has 0 bridgehead atoms. The first-order chi connectivity index (χ1) is 14.7. The molecule has 1 aliphatic heterocycles. The number of piperidine rings is 1. The molecule has 4 rings (SSSR count). The molecule has 3 heterocycles. The van der Waals surface area contributed by atoms with Crippen molar-refractivity contribution in [2.24, 2.45) is 0 Å². The van der Waals surface area contributed by atoms with E-state index in [-0.39, 0.29) is 6.61 Å². The first-order valence-electron chi connectivity index (χ1n) is 9.73. The maximum absolute atomic E-state index is 12.2. The van der Waals surface area contributed by atoms with Crippen molar-refractivity contribution in [2.45, 2.75) is 31.8 Å². The Balaban J connectivity index is 1.26. The number of rotatable bonds is 9. The summed E-state index contributed by atoms with van der Waals surface area (Å²) in [5.41, 5.74) is 1.75. The Hall–Kier alpha value is -2.47. The minimum atomic E-state index is -1.03. The third-order valence-electron chi connectivity index (χ3n) is 4.94. The molecule has 30 heavy (non-hydrogen) atoms. The largest absolute Gasteiger partial charge is 0.487 e. The number of aromatic nitrogens is 5. The van der Waals surface area contributed by atoms with Crippen LogP contribution in [0.3, 0.4) is 0 Å². The number of aliphatic hydroxyl groups excluding tert-OH is 1.